The van der Waals surface area contributed by atoms with Crippen LogP contribution in [-0.4, -0.2) is 32.0 Å². The fourth-order valence-corrected chi connectivity index (χ4v) is 3.13. The first-order chi connectivity index (χ1) is 12.1. The second-order valence-electron chi connectivity index (χ2n) is 5.29. The largest absolute Gasteiger partial charge is 0.497 e. The standard InChI is InChI=1S/C17H17N3O4S/c1-23-10-5-6-13(24-2)11(8-10)12-9-15(21)19-17(18-12)20-16(22)14-4-3-7-25-14/h3-8,12H,9H2,1-2H3,(H2,18,19,20,21,22)/t12-/m0/s1. The summed E-state index contributed by atoms with van der Waals surface area (Å²) < 4.78 is 10.6. The molecule has 1 aliphatic heterocycles. The molecule has 0 spiro atoms. The number of carbonyl (C=O) groups excluding carboxylic acids is 2. The van der Waals surface area contributed by atoms with Crippen molar-refractivity contribution in [1.29, 1.82) is 0 Å². The third-order valence-corrected chi connectivity index (χ3v) is 4.56. The molecule has 0 saturated carbocycles. The summed E-state index contributed by atoms with van der Waals surface area (Å²) in [4.78, 5) is 29.2. The Morgan fingerprint density at radius 2 is 2.16 bits per heavy atom. The maximum Gasteiger partial charge on any atom is 0.268 e. The summed E-state index contributed by atoms with van der Waals surface area (Å²) in [7, 11) is 3.12. The van der Waals surface area contributed by atoms with E-state index >= 15 is 0 Å². The minimum atomic E-state index is -0.475. The second kappa shape index (κ2) is 7.35. The van der Waals surface area contributed by atoms with Crippen molar-refractivity contribution in [2.24, 2.45) is 4.99 Å². The van der Waals surface area contributed by atoms with E-state index in [0.717, 1.165) is 5.56 Å². The van der Waals surface area contributed by atoms with Gasteiger partial charge < -0.3 is 9.47 Å². The zero-order valence-corrected chi connectivity index (χ0v) is 14.6. The number of nitrogens with zero attached hydrogens (tertiary/aromatic N) is 1. The van der Waals surface area contributed by atoms with Crippen molar-refractivity contribution in [2.75, 3.05) is 14.2 Å². The zero-order chi connectivity index (χ0) is 17.8. The van der Waals surface area contributed by atoms with Gasteiger partial charge in [-0.25, -0.2) is 4.99 Å². The van der Waals surface area contributed by atoms with E-state index in [1.165, 1.54) is 11.3 Å². The summed E-state index contributed by atoms with van der Waals surface area (Å²) >= 11 is 1.31. The fraction of sp³-hybridized carbons (Fsp3) is 0.235. The maximum absolute atomic E-state index is 12.2. The monoisotopic (exact) mass is 359 g/mol. The molecule has 2 amide bonds. The lowest BCUT2D eigenvalue weighted by Gasteiger charge is -2.23. The van der Waals surface area contributed by atoms with Gasteiger partial charge in [-0.2, -0.15) is 0 Å². The molecule has 0 aliphatic carbocycles. The highest BCUT2D eigenvalue weighted by atomic mass is 32.1. The molecular weight excluding hydrogens is 342 g/mol. The molecule has 1 aromatic heterocycles. The molecule has 0 fully saturated rings. The number of guanidine groups is 1. The van der Waals surface area contributed by atoms with Gasteiger partial charge in [0.2, 0.25) is 11.9 Å². The SMILES string of the molecule is COc1ccc(OC)c([C@@H]2CC(=O)NC(NC(=O)c3cccs3)=N2)c1. The molecule has 0 radical (unpaired) electrons. The third-order valence-electron chi connectivity index (χ3n) is 3.69. The minimum absolute atomic E-state index is 0.129. The van der Waals surface area contributed by atoms with Crippen LogP contribution in [-0.2, 0) is 4.79 Å². The molecular formula is C17H17N3O4S. The smallest absolute Gasteiger partial charge is 0.268 e. The molecule has 130 valence electrons. The third kappa shape index (κ3) is 3.80. The van der Waals surface area contributed by atoms with Crippen LogP contribution in [0.1, 0.15) is 27.7 Å². The Labute approximate surface area is 148 Å². The van der Waals surface area contributed by atoms with Gasteiger partial charge in [0.05, 0.1) is 31.6 Å². The van der Waals surface area contributed by atoms with E-state index in [-0.39, 0.29) is 24.2 Å². The lowest BCUT2D eigenvalue weighted by atomic mass is 10.0. The van der Waals surface area contributed by atoms with Crippen LogP contribution in [0, 0.1) is 0 Å². The fourth-order valence-electron chi connectivity index (χ4n) is 2.51. The average molecular weight is 359 g/mol. The summed E-state index contributed by atoms with van der Waals surface area (Å²) in [5, 5.41) is 7.03. The Morgan fingerprint density at radius 1 is 1.32 bits per heavy atom. The van der Waals surface area contributed by atoms with E-state index < -0.39 is 6.04 Å². The molecule has 1 atom stereocenters. The highest BCUT2D eigenvalue weighted by Gasteiger charge is 2.26. The van der Waals surface area contributed by atoms with Crippen LogP contribution in [0.5, 0.6) is 11.5 Å². The summed E-state index contributed by atoms with van der Waals surface area (Å²) in [6, 6.07) is 8.33. The number of hydrogen-bond acceptors (Lipinski definition) is 6. The van der Waals surface area contributed by atoms with Crippen molar-refractivity contribution in [1.82, 2.24) is 10.6 Å². The van der Waals surface area contributed by atoms with Gasteiger partial charge in [0.1, 0.15) is 11.5 Å². The number of aliphatic imine (C=N–C) groups is 1. The van der Waals surface area contributed by atoms with Gasteiger partial charge >= 0.3 is 0 Å². The van der Waals surface area contributed by atoms with E-state index in [2.05, 4.69) is 15.6 Å². The van der Waals surface area contributed by atoms with Gasteiger partial charge in [-0.15, -0.1) is 11.3 Å². The number of ether oxygens (including phenoxy) is 2. The quantitative estimate of drug-likeness (QED) is 0.875. The summed E-state index contributed by atoms with van der Waals surface area (Å²) in [5.74, 6) is 0.831. The van der Waals surface area contributed by atoms with Gasteiger partial charge in [-0.3, -0.25) is 20.2 Å². The first kappa shape index (κ1) is 17.0. The van der Waals surface area contributed by atoms with Crippen molar-refractivity contribution < 1.29 is 19.1 Å². The van der Waals surface area contributed by atoms with Crippen LogP contribution in [0.4, 0.5) is 0 Å². The maximum atomic E-state index is 12.2. The molecule has 7 nitrogen and oxygen atoms in total. The molecule has 0 saturated heterocycles. The summed E-state index contributed by atoms with van der Waals surface area (Å²) in [6.45, 7) is 0. The first-order valence-corrected chi connectivity index (χ1v) is 8.43. The van der Waals surface area contributed by atoms with E-state index in [1.54, 1.807) is 49.9 Å². The summed E-state index contributed by atoms with van der Waals surface area (Å²) in [6.07, 6.45) is 0.155. The van der Waals surface area contributed by atoms with Crippen LogP contribution in [0.25, 0.3) is 0 Å². The predicted octanol–water partition coefficient (Wildman–Crippen LogP) is 2.11. The van der Waals surface area contributed by atoms with Gasteiger partial charge in [0.25, 0.3) is 5.91 Å². The number of amides is 2. The van der Waals surface area contributed by atoms with E-state index in [1.807, 2.05) is 0 Å². The lowest BCUT2D eigenvalue weighted by molar-refractivity contribution is -0.120. The number of methoxy groups -OCH3 is 2. The number of rotatable bonds is 4. The molecule has 1 aromatic carbocycles. The number of hydrogen-bond donors (Lipinski definition) is 2. The van der Waals surface area contributed by atoms with Crippen LogP contribution >= 0.6 is 11.3 Å². The molecule has 8 heteroatoms. The Balaban J connectivity index is 1.88. The van der Waals surface area contributed by atoms with Gasteiger partial charge in [-0.05, 0) is 29.6 Å². The normalized spacial score (nSPS) is 16.6. The molecule has 0 bridgehead atoms. The zero-order valence-electron chi connectivity index (χ0n) is 13.7. The highest BCUT2D eigenvalue weighted by Crippen LogP contribution is 2.34. The van der Waals surface area contributed by atoms with Crippen LogP contribution < -0.4 is 20.1 Å². The Kier molecular flexibility index (Phi) is 4.99. The predicted molar refractivity (Wildman–Crippen MR) is 94.3 cm³/mol. The number of carbonyl (C=O) groups is 2. The van der Waals surface area contributed by atoms with E-state index in [9.17, 15) is 9.59 Å². The second-order valence-corrected chi connectivity index (χ2v) is 6.23. The molecule has 25 heavy (non-hydrogen) atoms. The van der Waals surface area contributed by atoms with Gasteiger partial charge in [-0.1, -0.05) is 6.07 Å². The van der Waals surface area contributed by atoms with Crippen LogP contribution in [0.15, 0.2) is 40.7 Å². The topological polar surface area (TPSA) is 89.0 Å². The van der Waals surface area contributed by atoms with Crippen molar-refractivity contribution >= 4 is 29.1 Å². The number of benzene rings is 1. The van der Waals surface area contributed by atoms with Crippen molar-refractivity contribution in [3.63, 3.8) is 0 Å². The molecule has 0 unspecified atom stereocenters. The molecule has 2 aromatic rings. The van der Waals surface area contributed by atoms with Crippen molar-refractivity contribution in [3.05, 3.63) is 46.2 Å². The Bertz CT molecular complexity index is 817. The molecule has 3 rings (SSSR count). The Hall–Kier alpha value is -2.87. The van der Waals surface area contributed by atoms with E-state index in [4.69, 9.17) is 9.47 Å². The van der Waals surface area contributed by atoms with Gasteiger partial charge in [0.15, 0.2) is 0 Å². The first-order valence-electron chi connectivity index (χ1n) is 7.55. The van der Waals surface area contributed by atoms with Gasteiger partial charge in [0, 0.05) is 5.56 Å². The minimum Gasteiger partial charge on any atom is -0.497 e. The number of nitrogens with one attached hydrogen (secondary N) is 2. The van der Waals surface area contributed by atoms with E-state index in [0.29, 0.717) is 16.4 Å². The summed E-state index contributed by atoms with van der Waals surface area (Å²) in [5.41, 5.74) is 0.722. The lowest BCUT2D eigenvalue weighted by Crippen LogP contribution is -2.46. The Morgan fingerprint density at radius 3 is 2.84 bits per heavy atom. The molecule has 1 aliphatic rings. The van der Waals surface area contributed by atoms with Crippen LogP contribution in [0.3, 0.4) is 0 Å². The number of thiophene rings is 1. The van der Waals surface area contributed by atoms with Crippen molar-refractivity contribution in [2.45, 2.75) is 12.5 Å². The average Bonchev–Trinajstić information content (AvgIpc) is 3.15. The molecule has 2 N–H and O–H groups in total. The van der Waals surface area contributed by atoms with Crippen molar-refractivity contribution in [3.8, 4) is 11.5 Å². The molecule has 2 heterocycles. The highest BCUT2D eigenvalue weighted by molar-refractivity contribution is 7.12. The van der Waals surface area contributed by atoms with Crippen LogP contribution in [0.2, 0.25) is 0 Å².